The lowest BCUT2D eigenvalue weighted by Crippen LogP contribution is -2.34. The Morgan fingerprint density at radius 2 is 1.78 bits per heavy atom. The van der Waals surface area contributed by atoms with Gasteiger partial charge in [0.2, 0.25) is 0 Å². The van der Waals surface area contributed by atoms with Gasteiger partial charge in [0.05, 0.1) is 19.8 Å². The third-order valence-electron chi connectivity index (χ3n) is 3.46. The third kappa shape index (κ3) is 6.00. The van der Waals surface area contributed by atoms with Crippen molar-refractivity contribution in [1.82, 2.24) is 5.32 Å². The van der Waals surface area contributed by atoms with Crippen LogP contribution in [0, 0.1) is 0 Å². The Balaban J connectivity index is 1.84. The molecular weight excluding hydrogens is 350 g/mol. The number of amides is 2. The lowest BCUT2D eigenvalue weighted by atomic mass is 10.2. The summed E-state index contributed by atoms with van der Waals surface area (Å²) in [5, 5.41) is 2.14. The van der Waals surface area contributed by atoms with Gasteiger partial charge in [-0.1, -0.05) is 24.3 Å². The summed E-state index contributed by atoms with van der Waals surface area (Å²) in [7, 11) is 2.96. The van der Waals surface area contributed by atoms with Crippen molar-refractivity contribution in [2.24, 2.45) is 0 Å². The molecule has 140 valence electrons. The van der Waals surface area contributed by atoms with E-state index in [1.165, 1.54) is 25.3 Å². The van der Waals surface area contributed by atoms with Crippen LogP contribution < -0.4 is 14.8 Å². The molecule has 0 aliphatic heterocycles. The Morgan fingerprint density at radius 1 is 1.00 bits per heavy atom. The minimum Gasteiger partial charge on any atom is -0.497 e. The number of nitrogens with one attached hydrogen (secondary N) is 1. The summed E-state index contributed by atoms with van der Waals surface area (Å²) >= 11 is 0. The van der Waals surface area contributed by atoms with E-state index in [4.69, 9.17) is 14.2 Å². The molecule has 0 unspecified atom stereocenters. The highest BCUT2D eigenvalue weighted by atomic mass is 16.5. The van der Waals surface area contributed by atoms with Crippen LogP contribution in [0.1, 0.15) is 15.9 Å². The minimum atomic E-state index is -0.742. The molecule has 0 bridgehead atoms. The van der Waals surface area contributed by atoms with Gasteiger partial charge in [0.15, 0.2) is 6.61 Å². The summed E-state index contributed by atoms with van der Waals surface area (Å²) in [6.07, 6.45) is 2.72. The number of rotatable bonds is 7. The number of hydrogen-bond acceptors (Lipinski definition) is 6. The molecule has 0 saturated heterocycles. The molecule has 2 aromatic rings. The average molecular weight is 369 g/mol. The van der Waals surface area contributed by atoms with Crippen LogP contribution in [-0.4, -0.2) is 38.6 Å². The number of methoxy groups -OCH3 is 2. The van der Waals surface area contributed by atoms with Crippen molar-refractivity contribution in [3.63, 3.8) is 0 Å². The molecule has 0 atom stereocenters. The Labute approximate surface area is 156 Å². The highest BCUT2D eigenvalue weighted by Gasteiger charge is 2.15. The maximum Gasteiger partial charge on any atom is 0.331 e. The van der Waals surface area contributed by atoms with E-state index in [0.29, 0.717) is 11.5 Å². The Morgan fingerprint density at radius 3 is 2.52 bits per heavy atom. The molecule has 1 N–H and O–H groups in total. The lowest BCUT2D eigenvalue weighted by Gasteiger charge is -2.08. The summed E-state index contributed by atoms with van der Waals surface area (Å²) in [6.45, 7) is -0.581. The first-order valence-electron chi connectivity index (χ1n) is 7.99. The number of ether oxygens (including phenoxy) is 3. The molecular formula is C20H19NO6. The van der Waals surface area contributed by atoms with E-state index in [9.17, 15) is 14.4 Å². The molecule has 7 heteroatoms. The van der Waals surface area contributed by atoms with Crippen LogP contribution in [-0.2, 0) is 14.3 Å². The predicted molar refractivity (Wildman–Crippen MR) is 98.5 cm³/mol. The Kier molecular flexibility index (Phi) is 7.13. The smallest absolute Gasteiger partial charge is 0.331 e. The van der Waals surface area contributed by atoms with Crippen molar-refractivity contribution in [2.45, 2.75) is 0 Å². The van der Waals surface area contributed by atoms with Crippen molar-refractivity contribution in [3.05, 3.63) is 65.7 Å². The Hall–Kier alpha value is -3.61. The fourth-order valence-corrected chi connectivity index (χ4v) is 2.16. The van der Waals surface area contributed by atoms with Crippen LogP contribution in [0.2, 0.25) is 0 Å². The second kappa shape index (κ2) is 9.76. The topological polar surface area (TPSA) is 90.9 Å². The van der Waals surface area contributed by atoms with Gasteiger partial charge < -0.3 is 14.2 Å². The quantitative estimate of drug-likeness (QED) is 0.594. The molecule has 2 aromatic carbocycles. The number of hydrogen-bond donors (Lipinski definition) is 1. The van der Waals surface area contributed by atoms with Crippen LogP contribution in [0.25, 0.3) is 6.08 Å². The summed E-state index contributed by atoms with van der Waals surface area (Å²) in [4.78, 5) is 35.6. The Bertz CT molecular complexity index is 859. The van der Waals surface area contributed by atoms with Crippen molar-refractivity contribution < 1.29 is 28.6 Å². The van der Waals surface area contributed by atoms with E-state index < -0.39 is 24.4 Å². The number of esters is 1. The number of para-hydroxylation sites is 1. The molecule has 0 aliphatic carbocycles. The molecule has 0 radical (unpaired) electrons. The minimum absolute atomic E-state index is 0.206. The highest BCUT2D eigenvalue weighted by molar-refractivity contribution is 6.06. The van der Waals surface area contributed by atoms with E-state index in [0.717, 1.165) is 5.56 Å². The van der Waals surface area contributed by atoms with Gasteiger partial charge in [0, 0.05) is 6.08 Å². The molecule has 0 saturated carbocycles. The van der Waals surface area contributed by atoms with Gasteiger partial charge >= 0.3 is 5.97 Å². The summed E-state index contributed by atoms with van der Waals surface area (Å²) in [5.74, 6) is -1.10. The molecule has 2 amide bonds. The fourth-order valence-electron chi connectivity index (χ4n) is 2.16. The maximum absolute atomic E-state index is 12.1. The first kappa shape index (κ1) is 19.7. The summed E-state index contributed by atoms with van der Waals surface area (Å²) < 4.78 is 15.0. The highest BCUT2D eigenvalue weighted by Crippen LogP contribution is 2.16. The van der Waals surface area contributed by atoms with Gasteiger partial charge in [-0.2, -0.15) is 0 Å². The van der Waals surface area contributed by atoms with Gasteiger partial charge in [0.1, 0.15) is 11.5 Å². The van der Waals surface area contributed by atoms with Gasteiger partial charge in [0.25, 0.3) is 11.8 Å². The monoisotopic (exact) mass is 369 g/mol. The molecule has 0 aliphatic rings. The van der Waals surface area contributed by atoms with Gasteiger partial charge in [-0.15, -0.1) is 0 Å². The van der Waals surface area contributed by atoms with Crippen molar-refractivity contribution in [1.29, 1.82) is 0 Å². The fraction of sp³-hybridized carbons (Fsp3) is 0.150. The number of benzene rings is 2. The zero-order chi connectivity index (χ0) is 19.6. The summed E-state index contributed by atoms with van der Waals surface area (Å²) in [5.41, 5.74) is 0.944. The molecule has 7 nitrogen and oxygen atoms in total. The van der Waals surface area contributed by atoms with Gasteiger partial charge in [-0.25, -0.2) is 4.79 Å². The molecule has 0 heterocycles. The van der Waals surface area contributed by atoms with Crippen LogP contribution in [0.4, 0.5) is 0 Å². The van der Waals surface area contributed by atoms with Crippen LogP contribution in [0.15, 0.2) is 54.6 Å². The van der Waals surface area contributed by atoms with Crippen molar-refractivity contribution in [2.75, 3.05) is 20.8 Å². The first-order valence-corrected chi connectivity index (χ1v) is 7.99. The van der Waals surface area contributed by atoms with Crippen LogP contribution >= 0.6 is 0 Å². The van der Waals surface area contributed by atoms with E-state index in [-0.39, 0.29) is 5.56 Å². The first-order chi connectivity index (χ1) is 13.0. The van der Waals surface area contributed by atoms with Gasteiger partial charge in [-0.05, 0) is 35.9 Å². The average Bonchev–Trinajstić information content (AvgIpc) is 2.70. The zero-order valence-corrected chi connectivity index (χ0v) is 14.9. The zero-order valence-electron chi connectivity index (χ0n) is 14.9. The molecule has 2 rings (SSSR count). The number of imide groups is 1. The van der Waals surface area contributed by atoms with Gasteiger partial charge in [-0.3, -0.25) is 14.9 Å². The van der Waals surface area contributed by atoms with E-state index in [1.807, 2.05) is 0 Å². The molecule has 0 fully saturated rings. The van der Waals surface area contributed by atoms with Crippen LogP contribution in [0.3, 0.4) is 0 Å². The molecule has 27 heavy (non-hydrogen) atoms. The maximum atomic E-state index is 12.1. The second-order valence-electron chi connectivity index (χ2n) is 5.30. The third-order valence-corrected chi connectivity index (χ3v) is 3.46. The molecule has 0 spiro atoms. The van der Waals surface area contributed by atoms with Crippen molar-refractivity contribution in [3.8, 4) is 11.5 Å². The van der Waals surface area contributed by atoms with E-state index in [2.05, 4.69) is 5.32 Å². The van der Waals surface area contributed by atoms with Crippen molar-refractivity contribution >= 4 is 23.9 Å². The standard InChI is InChI=1S/C20H19NO6/c1-25-15-7-5-6-14(12-15)10-11-19(23)27-13-18(22)21-20(24)16-8-3-4-9-17(16)26-2/h3-12H,13H2,1-2H3,(H,21,22,24)/b11-10+. The molecule has 0 aromatic heterocycles. The second-order valence-corrected chi connectivity index (χ2v) is 5.30. The lowest BCUT2D eigenvalue weighted by molar-refractivity contribution is -0.143. The number of carbonyl (C=O) groups excluding carboxylic acids is 3. The van der Waals surface area contributed by atoms with Crippen LogP contribution in [0.5, 0.6) is 11.5 Å². The number of carbonyl (C=O) groups is 3. The predicted octanol–water partition coefficient (Wildman–Crippen LogP) is 2.22. The van der Waals surface area contributed by atoms with E-state index >= 15 is 0 Å². The largest absolute Gasteiger partial charge is 0.497 e. The normalized spacial score (nSPS) is 10.3. The van der Waals surface area contributed by atoms with E-state index in [1.54, 1.807) is 49.6 Å². The SMILES string of the molecule is COc1cccc(/C=C/C(=O)OCC(=O)NC(=O)c2ccccc2OC)c1. The summed E-state index contributed by atoms with van der Waals surface area (Å²) in [6, 6.07) is 13.5.